The molecule has 0 aliphatic heterocycles. The Morgan fingerprint density at radius 3 is 2.43 bits per heavy atom. The second-order valence-electron chi connectivity index (χ2n) is 4.77. The lowest BCUT2D eigenvalue weighted by Crippen LogP contribution is -2.17. The van der Waals surface area contributed by atoms with Gasteiger partial charge in [0, 0.05) is 5.39 Å². The van der Waals surface area contributed by atoms with E-state index in [4.69, 9.17) is 20.8 Å². The summed E-state index contributed by atoms with van der Waals surface area (Å²) in [5.41, 5.74) is 1.12. The van der Waals surface area contributed by atoms with Gasteiger partial charge in [-0.3, -0.25) is 0 Å². The van der Waals surface area contributed by atoms with Crippen LogP contribution in [0.5, 0.6) is 5.75 Å². The Bertz CT molecular complexity index is 766. The average molecular weight is 302 g/mol. The van der Waals surface area contributed by atoms with Crippen LogP contribution in [0, 0.1) is 0 Å². The maximum atomic E-state index is 5.90. The number of halogens is 1. The van der Waals surface area contributed by atoms with E-state index >= 15 is 0 Å². The average Bonchev–Trinajstić information content (AvgIpc) is 2.94. The molecule has 0 amide bonds. The van der Waals surface area contributed by atoms with Crippen molar-refractivity contribution in [2.24, 2.45) is 0 Å². The quantitative estimate of drug-likeness (QED) is 0.775. The Labute approximate surface area is 128 Å². The normalized spacial score (nSPS) is 12.5. The van der Waals surface area contributed by atoms with Gasteiger partial charge in [-0.1, -0.05) is 30.3 Å². The molecule has 2 aromatic carbocycles. The molecular weight excluding hydrogens is 286 g/mol. The Morgan fingerprint density at radius 2 is 1.81 bits per heavy atom. The summed E-state index contributed by atoms with van der Waals surface area (Å²) in [5.74, 6) is 1.65. The van der Waals surface area contributed by atoms with Gasteiger partial charge in [-0.15, -0.1) is 0 Å². The van der Waals surface area contributed by atoms with Crippen molar-refractivity contribution in [3.63, 3.8) is 0 Å². The van der Waals surface area contributed by atoms with E-state index in [0.29, 0.717) is 5.22 Å². The molecule has 0 saturated heterocycles. The van der Waals surface area contributed by atoms with Crippen LogP contribution >= 0.6 is 11.6 Å². The van der Waals surface area contributed by atoms with Crippen LogP contribution in [0.2, 0.25) is 5.22 Å². The molecule has 1 N–H and O–H groups in total. The summed E-state index contributed by atoms with van der Waals surface area (Å²) in [5, 5.41) is 5.88. The van der Waals surface area contributed by atoms with Gasteiger partial charge < -0.3 is 14.5 Å². The monoisotopic (exact) mass is 301 g/mol. The van der Waals surface area contributed by atoms with Crippen LogP contribution in [0.25, 0.3) is 10.8 Å². The molecule has 0 fully saturated rings. The molecular formula is C17H16ClNO2. The standard InChI is InChI=1S/C17H16ClNO2/c1-19-17(15-9-10-16(18)21-15)13-7-8-14(20-2)12-6-4-3-5-11(12)13/h3-10,17,19H,1-2H3. The van der Waals surface area contributed by atoms with Crippen molar-refractivity contribution in [3.05, 3.63) is 65.1 Å². The molecule has 0 bridgehead atoms. The Kier molecular flexibility index (Phi) is 3.86. The van der Waals surface area contributed by atoms with Crippen LogP contribution in [0.4, 0.5) is 0 Å². The van der Waals surface area contributed by atoms with Crippen LogP contribution in [0.1, 0.15) is 17.4 Å². The minimum absolute atomic E-state index is 0.0618. The van der Waals surface area contributed by atoms with Gasteiger partial charge >= 0.3 is 0 Å². The van der Waals surface area contributed by atoms with E-state index in [0.717, 1.165) is 27.8 Å². The van der Waals surface area contributed by atoms with Crippen molar-refractivity contribution in [2.75, 3.05) is 14.2 Å². The number of hydrogen-bond acceptors (Lipinski definition) is 3. The highest BCUT2D eigenvalue weighted by Gasteiger charge is 2.19. The van der Waals surface area contributed by atoms with Gasteiger partial charge in [-0.25, -0.2) is 0 Å². The first-order valence-corrected chi connectivity index (χ1v) is 7.10. The Balaban J connectivity index is 2.19. The third kappa shape index (κ3) is 2.50. The van der Waals surface area contributed by atoms with Gasteiger partial charge in [0.1, 0.15) is 11.5 Å². The zero-order chi connectivity index (χ0) is 14.8. The first-order chi connectivity index (χ1) is 10.2. The smallest absolute Gasteiger partial charge is 0.193 e. The summed E-state index contributed by atoms with van der Waals surface area (Å²) in [6.45, 7) is 0. The summed E-state index contributed by atoms with van der Waals surface area (Å²) in [6.07, 6.45) is 0. The van der Waals surface area contributed by atoms with E-state index in [1.807, 2.05) is 31.3 Å². The summed E-state index contributed by atoms with van der Waals surface area (Å²) in [4.78, 5) is 0. The third-order valence-corrected chi connectivity index (χ3v) is 3.82. The van der Waals surface area contributed by atoms with E-state index in [-0.39, 0.29) is 6.04 Å². The largest absolute Gasteiger partial charge is 0.496 e. The molecule has 21 heavy (non-hydrogen) atoms. The van der Waals surface area contributed by atoms with Crippen molar-refractivity contribution in [2.45, 2.75) is 6.04 Å². The Hall–Kier alpha value is -1.97. The highest BCUT2D eigenvalue weighted by molar-refractivity contribution is 6.28. The maximum absolute atomic E-state index is 5.90. The lowest BCUT2D eigenvalue weighted by molar-refractivity contribution is 0.419. The lowest BCUT2D eigenvalue weighted by Gasteiger charge is -2.18. The van der Waals surface area contributed by atoms with Crippen LogP contribution in [-0.2, 0) is 0 Å². The summed E-state index contributed by atoms with van der Waals surface area (Å²) in [7, 11) is 3.59. The minimum Gasteiger partial charge on any atom is -0.496 e. The Morgan fingerprint density at radius 1 is 1.05 bits per heavy atom. The number of furan rings is 1. The third-order valence-electron chi connectivity index (χ3n) is 3.62. The molecule has 1 aromatic heterocycles. The second-order valence-corrected chi connectivity index (χ2v) is 5.14. The molecule has 0 saturated carbocycles. The van der Waals surface area contributed by atoms with Gasteiger partial charge in [0.2, 0.25) is 0 Å². The van der Waals surface area contributed by atoms with Crippen LogP contribution < -0.4 is 10.1 Å². The number of nitrogens with one attached hydrogen (secondary N) is 1. The molecule has 1 unspecified atom stereocenters. The molecule has 1 atom stereocenters. The van der Waals surface area contributed by atoms with Gasteiger partial charge in [0.05, 0.1) is 13.2 Å². The van der Waals surface area contributed by atoms with Crippen molar-refractivity contribution in [1.82, 2.24) is 5.32 Å². The molecule has 3 nitrogen and oxygen atoms in total. The summed E-state index contributed by atoms with van der Waals surface area (Å²) < 4.78 is 11.0. The number of methoxy groups -OCH3 is 1. The zero-order valence-electron chi connectivity index (χ0n) is 11.9. The lowest BCUT2D eigenvalue weighted by atomic mass is 9.96. The van der Waals surface area contributed by atoms with Gasteiger partial charge in [0.15, 0.2) is 5.22 Å². The van der Waals surface area contributed by atoms with Gasteiger partial charge in [0.25, 0.3) is 0 Å². The van der Waals surface area contributed by atoms with Crippen LogP contribution in [0.3, 0.4) is 0 Å². The minimum atomic E-state index is -0.0618. The molecule has 0 aliphatic rings. The fourth-order valence-electron chi connectivity index (χ4n) is 2.66. The number of rotatable bonds is 4. The summed E-state index contributed by atoms with van der Waals surface area (Å²) in [6, 6.07) is 15.8. The van der Waals surface area contributed by atoms with Crippen molar-refractivity contribution >= 4 is 22.4 Å². The van der Waals surface area contributed by atoms with E-state index in [9.17, 15) is 0 Å². The van der Waals surface area contributed by atoms with Gasteiger partial charge in [-0.2, -0.15) is 0 Å². The first kappa shape index (κ1) is 14.0. The first-order valence-electron chi connectivity index (χ1n) is 6.72. The number of hydrogen-bond donors (Lipinski definition) is 1. The van der Waals surface area contributed by atoms with Crippen molar-refractivity contribution in [1.29, 1.82) is 0 Å². The van der Waals surface area contributed by atoms with E-state index in [1.54, 1.807) is 13.2 Å². The van der Waals surface area contributed by atoms with E-state index in [1.165, 1.54) is 0 Å². The maximum Gasteiger partial charge on any atom is 0.193 e. The fraction of sp³-hybridized carbons (Fsp3) is 0.176. The predicted octanol–water partition coefficient (Wildman–Crippen LogP) is 4.40. The van der Waals surface area contributed by atoms with Crippen LogP contribution in [0.15, 0.2) is 52.9 Å². The van der Waals surface area contributed by atoms with E-state index in [2.05, 4.69) is 23.5 Å². The predicted molar refractivity (Wildman–Crippen MR) is 85.1 cm³/mol. The molecule has 0 aliphatic carbocycles. The topological polar surface area (TPSA) is 34.4 Å². The number of fused-ring (bicyclic) bond motifs is 1. The molecule has 0 spiro atoms. The fourth-order valence-corrected chi connectivity index (χ4v) is 2.81. The molecule has 3 aromatic rings. The number of benzene rings is 2. The van der Waals surface area contributed by atoms with Crippen molar-refractivity contribution in [3.8, 4) is 5.75 Å². The van der Waals surface area contributed by atoms with Crippen LogP contribution in [-0.4, -0.2) is 14.2 Å². The van der Waals surface area contributed by atoms with Crippen molar-refractivity contribution < 1.29 is 9.15 Å². The van der Waals surface area contributed by atoms with Gasteiger partial charge in [-0.05, 0) is 47.8 Å². The summed E-state index contributed by atoms with van der Waals surface area (Å²) >= 11 is 5.90. The second kappa shape index (κ2) is 5.80. The number of ether oxygens (including phenoxy) is 1. The highest BCUT2D eigenvalue weighted by atomic mass is 35.5. The molecule has 108 valence electrons. The SMILES string of the molecule is CNC(c1ccc(Cl)o1)c1ccc(OC)c2ccccc12. The molecule has 3 rings (SSSR count). The highest BCUT2D eigenvalue weighted by Crippen LogP contribution is 2.34. The van der Waals surface area contributed by atoms with E-state index < -0.39 is 0 Å². The molecule has 4 heteroatoms. The molecule has 0 radical (unpaired) electrons. The molecule has 1 heterocycles. The zero-order valence-corrected chi connectivity index (χ0v) is 12.6.